The molecule has 5 nitrogen and oxygen atoms in total. The predicted octanol–water partition coefficient (Wildman–Crippen LogP) is 7.57. The zero-order valence-corrected chi connectivity index (χ0v) is 22.9. The van der Waals surface area contributed by atoms with Gasteiger partial charge >= 0.3 is 0 Å². The van der Waals surface area contributed by atoms with E-state index in [0.717, 1.165) is 77.4 Å². The van der Waals surface area contributed by atoms with Crippen molar-refractivity contribution in [1.29, 1.82) is 0 Å². The van der Waals surface area contributed by atoms with Gasteiger partial charge in [0, 0.05) is 35.1 Å². The molecule has 4 rings (SSSR count). The lowest BCUT2D eigenvalue weighted by atomic mass is 10.1. The molecule has 37 heavy (non-hydrogen) atoms. The van der Waals surface area contributed by atoms with Crippen LogP contribution >= 0.6 is 23.2 Å². The molecule has 7 heteroatoms. The molecule has 0 atom stereocenters. The van der Waals surface area contributed by atoms with Crippen LogP contribution in [0, 0.1) is 13.8 Å². The Labute approximate surface area is 228 Å². The molecule has 1 aromatic heterocycles. The fraction of sp³-hybridized carbons (Fsp3) is 0.333. The second kappa shape index (κ2) is 13.0. The molecule has 1 N–H and O–H groups in total. The Balaban J connectivity index is 1.25. The highest BCUT2D eigenvalue weighted by molar-refractivity contribution is 6.32. The molecule has 194 valence electrons. The quantitative estimate of drug-likeness (QED) is 0.189. The summed E-state index contributed by atoms with van der Waals surface area (Å²) in [6.45, 7) is 6.12. The van der Waals surface area contributed by atoms with Crippen molar-refractivity contribution in [1.82, 2.24) is 14.9 Å². The molecule has 0 aliphatic carbocycles. The average Bonchev–Trinajstić information content (AvgIpc) is 3.24. The molecule has 0 spiro atoms. The van der Waals surface area contributed by atoms with E-state index in [1.54, 1.807) is 24.3 Å². The molecular weight excluding hydrogens is 505 g/mol. The zero-order chi connectivity index (χ0) is 26.2. The summed E-state index contributed by atoms with van der Waals surface area (Å²) in [6, 6.07) is 19.2. The minimum Gasteiger partial charge on any atom is -0.494 e. The summed E-state index contributed by atoms with van der Waals surface area (Å²) in [5, 5.41) is 4.41. The second-order valence-electron chi connectivity index (χ2n) is 9.31. The van der Waals surface area contributed by atoms with Gasteiger partial charge in [-0.05, 0) is 92.8 Å². The lowest BCUT2D eigenvalue weighted by Gasteiger charge is -2.12. The summed E-state index contributed by atoms with van der Waals surface area (Å²) >= 11 is 12.2. The van der Waals surface area contributed by atoms with Gasteiger partial charge in [-0.1, -0.05) is 41.8 Å². The standard InChI is InChI=1S/C30H33Cl2N3O2/c1-21-19-25(20-22(2)29(21)32)37-18-8-17-35-27-10-6-5-9-26(27)34-28(35)11-4-3-7-16-33-30(36)23-12-14-24(31)15-13-23/h5-6,9-10,12-15,19-20H,3-4,7-8,11,16-18H2,1-2H3,(H,33,36). The average molecular weight is 539 g/mol. The number of carbonyl (C=O) groups excluding carboxylic acids is 1. The van der Waals surface area contributed by atoms with E-state index < -0.39 is 0 Å². The van der Waals surface area contributed by atoms with Crippen LogP contribution < -0.4 is 10.1 Å². The van der Waals surface area contributed by atoms with Crippen molar-refractivity contribution in [2.24, 2.45) is 0 Å². The normalized spacial score (nSPS) is 11.1. The maximum Gasteiger partial charge on any atom is 0.251 e. The van der Waals surface area contributed by atoms with Crippen molar-refractivity contribution >= 4 is 40.1 Å². The van der Waals surface area contributed by atoms with E-state index >= 15 is 0 Å². The van der Waals surface area contributed by atoms with Crippen molar-refractivity contribution in [3.8, 4) is 5.75 Å². The van der Waals surface area contributed by atoms with Crippen LogP contribution in [0.4, 0.5) is 0 Å². The van der Waals surface area contributed by atoms with Crippen molar-refractivity contribution in [2.45, 2.75) is 52.5 Å². The zero-order valence-electron chi connectivity index (χ0n) is 21.4. The van der Waals surface area contributed by atoms with Gasteiger partial charge in [-0.15, -0.1) is 0 Å². The summed E-state index contributed by atoms with van der Waals surface area (Å²) in [5.74, 6) is 1.90. The van der Waals surface area contributed by atoms with Crippen LogP contribution in [0.3, 0.4) is 0 Å². The van der Waals surface area contributed by atoms with Crippen molar-refractivity contribution < 1.29 is 9.53 Å². The van der Waals surface area contributed by atoms with Gasteiger partial charge in [-0.2, -0.15) is 0 Å². The summed E-state index contributed by atoms with van der Waals surface area (Å²) in [6.07, 6.45) is 4.73. The number of para-hydroxylation sites is 2. The number of aryl methyl sites for hydroxylation is 4. The Morgan fingerprint density at radius 2 is 1.68 bits per heavy atom. The van der Waals surface area contributed by atoms with Crippen LogP contribution in [0.2, 0.25) is 10.0 Å². The van der Waals surface area contributed by atoms with Gasteiger partial charge < -0.3 is 14.6 Å². The Morgan fingerprint density at radius 3 is 2.43 bits per heavy atom. The van der Waals surface area contributed by atoms with E-state index in [9.17, 15) is 4.79 Å². The van der Waals surface area contributed by atoms with Crippen LogP contribution in [0.5, 0.6) is 5.75 Å². The van der Waals surface area contributed by atoms with Gasteiger partial charge in [-0.3, -0.25) is 4.79 Å². The molecule has 1 amide bonds. The summed E-state index contributed by atoms with van der Waals surface area (Å²) in [7, 11) is 0. The highest BCUT2D eigenvalue weighted by atomic mass is 35.5. The predicted molar refractivity (Wildman–Crippen MR) is 152 cm³/mol. The number of nitrogens with zero attached hydrogens (tertiary/aromatic N) is 2. The minimum absolute atomic E-state index is 0.0652. The highest BCUT2D eigenvalue weighted by Gasteiger charge is 2.11. The van der Waals surface area contributed by atoms with E-state index in [1.807, 2.05) is 32.0 Å². The van der Waals surface area contributed by atoms with E-state index in [0.29, 0.717) is 23.7 Å². The van der Waals surface area contributed by atoms with Gasteiger partial charge in [0.2, 0.25) is 0 Å². The molecule has 0 aliphatic rings. The first kappa shape index (κ1) is 27.0. The topological polar surface area (TPSA) is 56.1 Å². The number of halogens is 2. The number of amides is 1. The van der Waals surface area contributed by atoms with Gasteiger partial charge in [0.05, 0.1) is 17.6 Å². The van der Waals surface area contributed by atoms with Gasteiger partial charge in [0.15, 0.2) is 0 Å². The van der Waals surface area contributed by atoms with Crippen LogP contribution in [-0.2, 0) is 13.0 Å². The molecular formula is C30H33Cl2N3O2. The number of nitrogens with one attached hydrogen (secondary N) is 1. The Morgan fingerprint density at radius 1 is 0.946 bits per heavy atom. The van der Waals surface area contributed by atoms with E-state index in [-0.39, 0.29) is 5.91 Å². The molecule has 0 fully saturated rings. The lowest BCUT2D eigenvalue weighted by Crippen LogP contribution is -2.24. The number of carbonyl (C=O) groups is 1. The third kappa shape index (κ3) is 7.27. The number of benzene rings is 3. The van der Waals surface area contributed by atoms with Crippen LogP contribution in [-0.4, -0.2) is 28.6 Å². The van der Waals surface area contributed by atoms with Crippen LogP contribution in [0.25, 0.3) is 11.0 Å². The van der Waals surface area contributed by atoms with Crippen molar-refractivity contribution in [2.75, 3.05) is 13.2 Å². The lowest BCUT2D eigenvalue weighted by molar-refractivity contribution is 0.0953. The summed E-state index contributed by atoms with van der Waals surface area (Å²) in [4.78, 5) is 17.1. The number of hydrogen-bond acceptors (Lipinski definition) is 3. The summed E-state index contributed by atoms with van der Waals surface area (Å²) < 4.78 is 8.34. The minimum atomic E-state index is -0.0652. The van der Waals surface area contributed by atoms with Crippen molar-refractivity contribution in [3.05, 3.63) is 93.2 Å². The molecule has 1 heterocycles. The molecule has 0 unspecified atom stereocenters. The molecule has 0 radical (unpaired) electrons. The number of unbranched alkanes of at least 4 members (excludes halogenated alkanes) is 2. The van der Waals surface area contributed by atoms with E-state index in [4.69, 9.17) is 32.9 Å². The van der Waals surface area contributed by atoms with E-state index in [2.05, 4.69) is 28.1 Å². The van der Waals surface area contributed by atoms with Crippen LogP contribution in [0.15, 0.2) is 60.7 Å². The molecule has 0 saturated carbocycles. The number of ether oxygens (including phenoxy) is 1. The van der Waals surface area contributed by atoms with Crippen LogP contribution in [0.1, 0.15) is 53.0 Å². The van der Waals surface area contributed by atoms with Gasteiger partial charge in [0.1, 0.15) is 11.6 Å². The molecule has 0 aliphatic heterocycles. The maximum absolute atomic E-state index is 12.2. The Bertz CT molecular complexity index is 1330. The molecule has 0 saturated heterocycles. The second-order valence-corrected chi connectivity index (χ2v) is 10.1. The number of rotatable bonds is 12. The summed E-state index contributed by atoms with van der Waals surface area (Å²) in [5.41, 5.74) is 4.88. The third-order valence-electron chi connectivity index (χ3n) is 6.41. The maximum atomic E-state index is 12.2. The Hall–Kier alpha value is -3.02. The number of imidazole rings is 1. The van der Waals surface area contributed by atoms with Gasteiger partial charge in [-0.25, -0.2) is 4.98 Å². The molecule has 3 aromatic carbocycles. The molecule has 4 aromatic rings. The third-order valence-corrected chi connectivity index (χ3v) is 7.26. The van der Waals surface area contributed by atoms with Gasteiger partial charge in [0.25, 0.3) is 5.91 Å². The fourth-order valence-electron chi connectivity index (χ4n) is 4.46. The first-order valence-electron chi connectivity index (χ1n) is 12.8. The first-order valence-corrected chi connectivity index (χ1v) is 13.6. The number of hydrogen-bond donors (Lipinski definition) is 1. The fourth-order valence-corrected chi connectivity index (χ4v) is 4.69. The first-order chi connectivity index (χ1) is 17.9. The highest BCUT2D eigenvalue weighted by Crippen LogP contribution is 2.26. The SMILES string of the molecule is Cc1cc(OCCCn2c(CCCCCNC(=O)c3ccc(Cl)cc3)nc3ccccc32)cc(C)c1Cl. The number of aromatic nitrogens is 2. The number of fused-ring (bicyclic) bond motifs is 1. The molecule has 0 bridgehead atoms. The monoisotopic (exact) mass is 537 g/mol. The Kier molecular flexibility index (Phi) is 9.48. The van der Waals surface area contributed by atoms with E-state index in [1.165, 1.54) is 0 Å². The smallest absolute Gasteiger partial charge is 0.251 e. The van der Waals surface area contributed by atoms with Crippen molar-refractivity contribution in [3.63, 3.8) is 0 Å². The largest absolute Gasteiger partial charge is 0.494 e.